The topological polar surface area (TPSA) is 104 Å². The summed E-state index contributed by atoms with van der Waals surface area (Å²) in [5.41, 5.74) is 0.636. The van der Waals surface area contributed by atoms with E-state index in [2.05, 4.69) is 21.4 Å². The second-order valence-corrected chi connectivity index (χ2v) is 4.48. The van der Waals surface area contributed by atoms with Gasteiger partial charge in [-0.3, -0.25) is 4.79 Å². The van der Waals surface area contributed by atoms with Crippen LogP contribution in [-0.4, -0.2) is 60.8 Å². The van der Waals surface area contributed by atoms with Crippen LogP contribution in [0.3, 0.4) is 0 Å². The van der Waals surface area contributed by atoms with E-state index < -0.39 is 11.9 Å². The Morgan fingerprint density at radius 1 is 0.767 bits per heavy atom. The van der Waals surface area contributed by atoms with Gasteiger partial charge in [-0.1, -0.05) is 36.4 Å². The summed E-state index contributed by atoms with van der Waals surface area (Å²) in [4.78, 5) is 55.1. The van der Waals surface area contributed by atoms with Crippen molar-refractivity contribution in [2.24, 2.45) is 0 Å². The summed E-state index contributed by atoms with van der Waals surface area (Å²) in [6.07, 6.45) is 0. The first kappa shape index (κ1) is 45.1. The molecular weight excluding hydrogens is 502 g/mol. The van der Waals surface area contributed by atoms with Crippen molar-refractivity contribution in [2.45, 2.75) is 6.92 Å². The molecule has 0 spiro atoms. The van der Waals surface area contributed by atoms with Gasteiger partial charge in [0.05, 0.1) is 11.1 Å². The van der Waals surface area contributed by atoms with Gasteiger partial charge >= 0.3 is 115 Å². The Morgan fingerprint density at radius 3 is 1.17 bits per heavy atom. The molecule has 0 unspecified atom stereocenters. The summed E-state index contributed by atoms with van der Waals surface area (Å²) < 4.78 is 0. The molecule has 0 aromatic heterocycles. The number of benzene rings is 2. The van der Waals surface area contributed by atoms with Crippen LogP contribution in [0.5, 0.6) is 0 Å². The Bertz CT molecular complexity index is 619. The van der Waals surface area contributed by atoms with Crippen LogP contribution < -0.4 is 71.5 Å². The molecule has 146 valence electrons. The molecule has 0 amide bonds. The van der Waals surface area contributed by atoms with E-state index in [-0.39, 0.29) is 90.6 Å². The van der Waals surface area contributed by atoms with Crippen LogP contribution in [0.4, 0.5) is 0 Å². The summed E-state index contributed by atoms with van der Waals surface area (Å²) in [5.74, 6) is -1.42. The molecule has 0 N–H and O–H groups in total. The van der Waals surface area contributed by atoms with E-state index in [1.165, 1.54) is 50.5 Å². The summed E-state index contributed by atoms with van der Waals surface area (Å²) in [5, 5.41) is -0.361. The van der Waals surface area contributed by atoms with Gasteiger partial charge in [0.1, 0.15) is 0 Å². The Kier molecular flexibility index (Phi) is 49.1. The number of hydrogen-bond donors (Lipinski definition) is 0. The van der Waals surface area contributed by atoms with Crippen LogP contribution in [0.15, 0.2) is 60.7 Å². The fourth-order valence-corrected chi connectivity index (χ4v) is 1.32. The van der Waals surface area contributed by atoms with E-state index >= 15 is 0 Å². The SMILES string of the molecule is CC(=O)Cl.Cl.O=C(OOC(=O)c1ccccc1)c1ccccc1.O=O.[Cl-].[H-].[Na+].[Na+].[Na][Na]. The van der Waals surface area contributed by atoms with Gasteiger partial charge in [-0.15, -0.1) is 12.4 Å². The standard InChI is InChI=1S/C14H10O4.C2H3ClO.2ClH.4Na.O2.H/c15-13(11-7-3-1-4-8-11)17-18-14(16)12-9-5-2-6-10-12;1-2(3)4;;;;;;;1-2;/h1-10H;1H3;2*1H;;;;;;/q;;;;;;2*+1;;-1/p-1. The predicted octanol–water partition coefficient (Wildman–Crippen LogP) is -5.76. The Balaban J connectivity index is -0.0000000788. The monoisotopic (exact) mass is 516 g/mol. The first-order chi connectivity index (χ1) is 12.5. The third-order valence-corrected chi connectivity index (χ3v) is 2.21. The molecular formula is C16H15Cl3Na4O7. The Morgan fingerprint density at radius 2 is 0.967 bits per heavy atom. The quantitative estimate of drug-likeness (QED) is 0.169. The van der Waals surface area contributed by atoms with Gasteiger partial charge in [-0.2, -0.15) is 0 Å². The van der Waals surface area contributed by atoms with Gasteiger partial charge in [0.15, 0.2) is 0 Å². The molecule has 7 nitrogen and oxygen atoms in total. The number of carbonyl (C=O) groups is 3. The van der Waals surface area contributed by atoms with Crippen LogP contribution in [0.2, 0.25) is 0 Å². The first-order valence-electron chi connectivity index (χ1n) is 7.36. The zero-order valence-electron chi connectivity index (χ0n) is 18.3. The van der Waals surface area contributed by atoms with E-state index in [4.69, 9.17) is 9.93 Å². The molecule has 0 radical (unpaired) electrons. The second kappa shape index (κ2) is 32.7. The van der Waals surface area contributed by atoms with Crippen molar-refractivity contribution >= 4 is 84.8 Å². The van der Waals surface area contributed by atoms with Gasteiger partial charge in [-0.25, -0.2) is 19.4 Å². The number of hydrogen-bond acceptors (Lipinski definition) is 7. The zero-order chi connectivity index (χ0) is 20.4. The maximum atomic E-state index is 11.5. The van der Waals surface area contributed by atoms with E-state index in [1.807, 2.05) is 0 Å². The Hall–Kier alpha value is 1.52. The normalized spacial score (nSPS) is 7.00. The predicted molar refractivity (Wildman–Crippen MR) is 107 cm³/mol. The van der Waals surface area contributed by atoms with Crippen LogP contribution >= 0.6 is 24.0 Å². The van der Waals surface area contributed by atoms with E-state index in [0.717, 1.165) is 0 Å². The van der Waals surface area contributed by atoms with Crippen LogP contribution in [0.25, 0.3) is 0 Å². The summed E-state index contributed by atoms with van der Waals surface area (Å²) in [7, 11) is 0. The van der Waals surface area contributed by atoms with E-state index in [0.29, 0.717) is 11.1 Å². The number of halogens is 3. The van der Waals surface area contributed by atoms with E-state index in [9.17, 15) is 14.4 Å². The summed E-state index contributed by atoms with van der Waals surface area (Å²) in [6, 6.07) is 16.6. The molecule has 30 heavy (non-hydrogen) atoms. The summed E-state index contributed by atoms with van der Waals surface area (Å²) in [6.45, 7) is 1.29. The molecule has 0 saturated heterocycles. The third kappa shape index (κ3) is 25.8. The van der Waals surface area contributed by atoms with Crippen molar-refractivity contribution < 1.29 is 97.1 Å². The molecule has 0 atom stereocenters. The van der Waals surface area contributed by atoms with Crippen molar-refractivity contribution in [3.05, 3.63) is 81.7 Å². The molecule has 14 heteroatoms. The second-order valence-electron chi connectivity index (χ2n) is 3.94. The molecule has 0 aliphatic rings. The van der Waals surface area contributed by atoms with Gasteiger partial charge in [0.2, 0.25) is 5.24 Å². The van der Waals surface area contributed by atoms with Crippen molar-refractivity contribution in [1.29, 1.82) is 0 Å². The summed E-state index contributed by atoms with van der Waals surface area (Å²) >= 11 is 7.52. The first-order valence-corrected chi connectivity index (χ1v) is 15.7. The number of carbonyl (C=O) groups excluding carboxylic acids is 3. The molecule has 2 aromatic carbocycles. The van der Waals surface area contributed by atoms with Crippen molar-refractivity contribution in [3.8, 4) is 0 Å². The van der Waals surface area contributed by atoms with Crippen LogP contribution in [-0.2, 0) is 14.6 Å². The fraction of sp³-hybridized carbons (Fsp3) is 0.0625. The van der Waals surface area contributed by atoms with Crippen molar-refractivity contribution in [3.63, 3.8) is 0 Å². The molecule has 0 aliphatic heterocycles. The average Bonchev–Trinajstić information content (AvgIpc) is 2.70. The molecule has 2 aromatic rings. The van der Waals surface area contributed by atoms with Crippen LogP contribution in [0.1, 0.15) is 29.1 Å². The Labute approximate surface area is 266 Å². The van der Waals surface area contributed by atoms with Gasteiger partial charge < -0.3 is 13.8 Å². The minimum atomic E-state index is -0.708. The van der Waals surface area contributed by atoms with Gasteiger partial charge in [-0.05, 0) is 35.9 Å². The third-order valence-electron chi connectivity index (χ3n) is 2.21. The van der Waals surface area contributed by atoms with Gasteiger partial charge in [0, 0.05) is 16.9 Å². The molecule has 0 bridgehead atoms. The van der Waals surface area contributed by atoms with E-state index in [1.54, 1.807) is 60.7 Å². The van der Waals surface area contributed by atoms with Crippen LogP contribution in [0, 0.1) is 9.93 Å². The van der Waals surface area contributed by atoms with Crippen molar-refractivity contribution in [2.75, 3.05) is 0 Å². The number of rotatable bonds is 2. The minimum absolute atomic E-state index is 0. The molecule has 0 saturated carbocycles. The maximum absolute atomic E-state index is 11.5. The van der Waals surface area contributed by atoms with Gasteiger partial charge in [0.25, 0.3) is 0 Å². The molecule has 0 heterocycles. The van der Waals surface area contributed by atoms with Crippen molar-refractivity contribution in [1.82, 2.24) is 0 Å². The average molecular weight is 518 g/mol. The molecule has 2 rings (SSSR count). The molecule has 0 fully saturated rings. The molecule has 0 aliphatic carbocycles. The fourth-order valence-electron chi connectivity index (χ4n) is 1.32. The zero-order valence-corrected chi connectivity index (χ0v) is 27.6.